The Morgan fingerprint density at radius 3 is 2.61 bits per heavy atom. The third-order valence-electron chi connectivity index (χ3n) is 5.18. The molecule has 1 unspecified atom stereocenters. The average molecular weight is 414 g/mol. The van der Waals surface area contributed by atoms with Crippen molar-refractivity contribution in [3.63, 3.8) is 0 Å². The Morgan fingerprint density at radius 2 is 1.90 bits per heavy atom. The van der Waals surface area contributed by atoms with E-state index in [9.17, 15) is 14.7 Å². The Morgan fingerprint density at radius 1 is 1.10 bits per heavy atom. The van der Waals surface area contributed by atoms with Crippen LogP contribution >= 0.6 is 0 Å². The van der Waals surface area contributed by atoms with Crippen LogP contribution < -0.4 is 11.1 Å². The van der Waals surface area contributed by atoms with Crippen molar-refractivity contribution >= 4 is 28.6 Å². The first-order valence-corrected chi connectivity index (χ1v) is 9.82. The van der Waals surface area contributed by atoms with Crippen molar-refractivity contribution in [3.05, 3.63) is 72.1 Å². The maximum absolute atomic E-state index is 11.9. The van der Waals surface area contributed by atoms with E-state index in [1.165, 1.54) is 0 Å². The molecule has 5 N–H and O–H groups in total. The number of nitrogens with zero attached hydrogens (tertiary/aromatic N) is 1. The monoisotopic (exact) mass is 414 g/mol. The fourth-order valence-corrected chi connectivity index (χ4v) is 3.50. The lowest BCUT2D eigenvalue weighted by molar-refractivity contribution is -0.117. The van der Waals surface area contributed by atoms with E-state index >= 15 is 0 Å². The Kier molecular flexibility index (Phi) is 5.27. The van der Waals surface area contributed by atoms with Gasteiger partial charge in [0.15, 0.2) is 0 Å². The van der Waals surface area contributed by atoms with Crippen molar-refractivity contribution < 1.29 is 14.7 Å². The van der Waals surface area contributed by atoms with Crippen LogP contribution in [0.25, 0.3) is 33.3 Å². The molecular weight excluding hydrogens is 392 g/mol. The second kappa shape index (κ2) is 8.04. The molecule has 0 fully saturated rings. The van der Waals surface area contributed by atoms with Crippen molar-refractivity contribution in [2.24, 2.45) is 5.73 Å². The minimum Gasteiger partial charge on any atom is -0.478 e. The summed E-state index contributed by atoms with van der Waals surface area (Å²) in [5.74, 6) is -1.19. The van der Waals surface area contributed by atoms with Crippen LogP contribution in [-0.4, -0.2) is 33.0 Å². The number of nitrogens with two attached hydrogens (primary N) is 1. The largest absolute Gasteiger partial charge is 0.478 e. The highest BCUT2D eigenvalue weighted by Crippen LogP contribution is 2.32. The molecule has 31 heavy (non-hydrogen) atoms. The van der Waals surface area contributed by atoms with Gasteiger partial charge in [0, 0.05) is 34.6 Å². The van der Waals surface area contributed by atoms with Gasteiger partial charge in [0.05, 0.1) is 11.6 Å². The predicted octanol–water partition coefficient (Wildman–Crippen LogP) is 4.19. The molecule has 0 aliphatic heterocycles. The summed E-state index contributed by atoms with van der Waals surface area (Å²) < 4.78 is 0. The molecule has 4 aromatic rings. The molecule has 156 valence electrons. The van der Waals surface area contributed by atoms with Gasteiger partial charge in [-0.05, 0) is 54.8 Å². The average Bonchev–Trinajstić information content (AvgIpc) is 3.16. The topological polar surface area (TPSA) is 121 Å². The number of aromatic carboxylic acids is 1. The number of benzene rings is 2. The van der Waals surface area contributed by atoms with E-state index < -0.39 is 12.0 Å². The first-order chi connectivity index (χ1) is 14.8. The van der Waals surface area contributed by atoms with Gasteiger partial charge < -0.3 is 21.1 Å². The molecule has 0 aliphatic carbocycles. The summed E-state index contributed by atoms with van der Waals surface area (Å²) in [6.45, 7) is 3.42. The number of carbonyl (C=O) groups is 2. The Bertz CT molecular complexity index is 1310. The summed E-state index contributed by atoms with van der Waals surface area (Å²) in [4.78, 5) is 30.9. The van der Waals surface area contributed by atoms with E-state index in [1.54, 1.807) is 32.2 Å². The van der Waals surface area contributed by atoms with E-state index in [2.05, 4.69) is 15.3 Å². The number of carboxylic acid groups (broad SMARTS) is 1. The van der Waals surface area contributed by atoms with Gasteiger partial charge in [-0.2, -0.15) is 0 Å². The van der Waals surface area contributed by atoms with Crippen LogP contribution in [0.5, 0.6) is 0 Å². The summed E-state index contributed by atoms with van der Waals surface area (Å²) in [5, 5.41) is 13.0. The Labute approximate surface area is 178 Å². The number of rotatable bonds is 5. The minimum atomic E-state index is -0.942. The van der Waals surface area contributed by atoms with Gasteiger partial charge in [-0.3, -0.25) is 4.79 Å². The number of carboxylic acids is 1. The van der Waals surface area contributed by atoms with Crippen molar-refractivity contribution in [2.45, 2.75) is 19.9 Å². The van der Waals surface area contributed by atoms with E-state index in [0.717, 1.165) is 33.3 Å². The zero-order valence-electron chi connectivity index (χ0n) is 17.1. The van der Waals surface area contributed by atoms with Gasteiger partial charge in [0.1, 0.15) is 5.65 Å². The Balaban J connectivity index is 1.74. The highest BCUT2D eigenvalue weighted by atomic mass is 16.4. The van der Waals surface area contributed by atoms with Crippen LogP contribution in [0.4, 0.5) is 5.69 Å². The van der Waals surface area contributed by atoms with Crippen molar-refractivity contribution in [1.29, 1.82) is 0 Å². The standard InChI is InChI=1S/C24H22N4O3/c1-13-8-16(6-7-19(13)24(30)31)21-12-27-22-20(21)10-17(11-26-22)15-4-3-5-18(9-15)28-23(29)14(2)25/h3-12,14H,25H2,1-2H3,(H,26,27)(H,28,29)(H,30,31). The van der Waals surface area contributed by atoms with Gasteiger partial charge >= 0.3 is 5.97 Å². The quantitative estimate of drug-likeness (QED) is 0.390. The molecule has 7 nitrogen and oxygen atoms in total. The highest BCUT2D eigenvalue weighted by molar-refractivity contribution is 5.98. The van der Waals surface area contributed by atoms with Crippen LogP contribution in [0.2, 0.25) is 0 Å². The molecule has 0 saturated carbocycles. The number of fused-ring (bicyclic) bond motifs is 1. The smallest absolute Gasteiger partial charge is 0.335 e. The highest BCUT2D eigenvalue weighted by Gasteiger charge is 2.13. The van der Waals surface area contributed by atoms with Gasteiger partial charge in [-0.1, -0.05) is 24.3 Å². The van der Waals surface area contributed by atoms with Gasteiger partial charge in [0.2, 0.25) is 5.91 Å². The zero-order chi connectivity index (χ0) is 22.1. The lowest BCUT2D eigenvalue weighted by atomic mass is 9.98. The maximum Gasteiger partial charge on any atom is 0.335 e. The molecule has 0 bridgehead atoms. The van der Waals surface area contributed by atoms with E-state index in [4.69, 9.17) is 5.73 Å². The van der Waals surface area contributed by atoms with Crippen molar-refractivity contribution in [3.8, 4) is 22.3 Å². The fraction of sp³-hybridized carbons (Fsp3) is 0.125. The number of amides is 1. The van der Waals surface area contributed by atoms with Gasteiger partial charge in [0.25, 0.3) is 0 Å². The normalized spacial score (nSPS) is 12.0. The summed E-state index contributed by atoms with van der Waals surface area (Å²) >= 11 is 0. The molecule has 4 rings (SSSR count). The molecular formula is C24H22N4O3. The van der Waals surface area contributed by atoms with Gasteiger partial charge in [-0.15, -0.1) is 0 Å². The number of aromatic amines is 1. The van der Waals surface area contributed by atoms with Crippen molar-refractivity contribution in [1.82, 2.24) is 9.97 Å². The lowest BCUT2D eigenvalue weighted by Crippen LogP contribution is -2.32. The minimum absolute atomic E-state index is 0.251. The molecule has 0 saturated heterocycles. The molecule has 1 amide bonds. The molecule has 7 heteroatoms. The Hall–Kier alpha value is -3.97. The number of nitrogens with one attached hydrogen (secondary N) is 2. The fourth-order valence-electron chi connectivity index (χ4n) is 3.50. The molecule has 0 spiro atoms. The second-order valence-electron chi connectivity index (χ2n) is 7.52. The number of H-pyrrole nitrogens is 1. The van der Waals surface area contributed by atoms with Crippen LogP contribution in [0.1, 0.15) is 22.8 Å². The summed E-state index contributed by atoms with van der Waals surface area (Å²) in [7, 11) is 0. The van der Waals surface area contributed by atoms with Crippen LogP contribution in [0.15, 0.2) is 60.9 Å². The van der Waals surface area contributed by atoms with E-state index in [-0.39, 0.29) is 11.5 Å². The number of aromatic nitrogens is 2. The predicted molar refractivity (Wildman–Crippen MR) is 121 cm³/mol. The second-order valence-corrected chi connectivity index (χ2v) is 7.52. The van der Waals surface area contributed by atoms with Crippen LogP contribution in [-0.2, 0) is 4.79 Å². The SMILES string of the molecule is Cc1cc(-c2c[nH]c3ncc(-c4cccc(NC(=O)C(C)N)c4)cc23)ccc1C(=O)O. The molecule has 2 aromatic carbocycles. The number of anilines is 1. The first-order valence-electron chi connectivity index (χ1n) is 9.82. The number of hydrogen-bond acceptors (Lipinski definition) is 4. The third-order valence-corrected chi connectivity index (χ3v) is 5.18. The maximum atomic E-state index is 11.9. The number of carbonyl (C=O) groups excluding carboxylic acids is 1. The molecule has 1 atom stereocenters. The van der Waals surface area contributed by atoms with Gasteiger partial charge in [-0.25, -0.2) is 9.78 Å². The zero-order valence-corrected chi connectivity index (χ0v) is 17.1. The van der Waals surface area contributed by atoms with E-state index in [0.29, 0.717) is 11.3 Å². The van der Waals surface area contributed by atoms with Crippen LogP contribution in [0.3, 0.4) is 0 Å². The summed E-state index contributed by atoms with van der Waals surface area (Å²) in [6, 6.07) is 14.2. The lowest BCUT2D eigenvalue weighted by Gasteiger charge is -2.10. The number of aryl methyl sites for hydroxylation is 1. The molecule has 0 aliphatic rings. The third kappa shape index (κ3) is 4.04. The van der Waals surface area contributed by atoms with E-state index in [1.807, 2.05) is 42.6 Å². The molecule has 2 heterocycles. The number of pyridine rings is 1. The molecule has 0 radical (unpaired) electrons. The van der Waals surface area contributed by atoms with Crippen molar-refractivity contribution in [2.75, 3.05) is 5.32 Å². The first kappa shape index (κ1) is 20.3. The number of hydrogen-bond donors (Lipinski definition) is 4. The molecule has 2 aromatic heterocycles. The van der Waals surface area contributed by atoms with Crippen LogP contribution in [0, 0.1) is 6.92 Å². The summed E-state index contributed by atoms with van der Waals surface area (Å²) in [6.07, 6.45) is 3.64. The summed E-state index contributed by atoms with van der Waals surface area (Å²) in [5.41, 5.74) is 11.7.